The van der Waals surface area contributed by atoms with Crippen LogP contribution in [-0.2, 0) is 32.0 Å². The molecule has 7 nitrogen and oxygen atoms in total. The van der Waals surface area contributed by atoms with Gasteiger partial charge in [0.25, 0.3) is 0 Å². The summed E-state index contributed by atoms with van der Waals surface area (Å²) in [6.45, 7) is 9.81. The zero-order valence-corrected chi connectivity index (χ0v) is 21.9. The van der Waals surface area contributed by atoms with Crippen molar-refractivity contribution < 1.29 is 28.9 Å². The van der Waals surface area contributed by atoms with Gasteiger partial charge < -0.3 is 24.6 Å². The van der Waals surface area contributed by atoms with Gasteiger partial charge in [-0.1, -0.05) is 68.4 Å². The summed E-state index contributed by atoms with van der Waals surface area (Å²) in [5, 5.41) is 13.5. The number of carbonyl (C=O) groups is 2. The Morgan fingerprint density at radius 2 is 1.81 bits per heavy atom. The molecule has 36 heavy (non-hydrogen) atoms. The Hall–Kier alpha value is -2.90. The molecule has 2 aromatic carbocycles. The summed E-state index contributed by atoms with van der Waals surface area (Å²) < 4.78 is 16.6. The maximum absolute atomic E-state index is 12.6. The molecule has 2 aromatic rings. The maximum atomic E-state index is 12.6. The van der Waals surface area contributed by atoms with E-state index in [1.807, 2.05) is 89.2 Å². The number of aliphatic hydroxyl groups is 1. The van der Waals surface area contributed by atoms with Crippen molar-refractivity contribution in [2.24, 2.45) is 11.8 Å². The van der Waals surface area contributed by atoms with Crippen LogP contribution in [0, 0.1) is 11.8 Å². The molecule has 0 saturated carbocycles. The first kappa shape index (κ1) is 27.7. The molecule has 0 spiro atoms. The Labute approximate surface area is 214 Å². The first-order valence-electron chi connectivity index (χ1n) is 12.6. The normalized spacial score (nSPS) is 19.6. The summed E-state index contributed by atoms with van der Waals surface area (Å²) in [5.41, 5.74) is 2.33. The van der Waals surface area contributed by atoms with E-state index in [1.54, 1.807) is 0 Å². The number of benzene rings is 2. The van der Waals surface area contributed by atoms with Crippen molar-refractivity contribution in [1.82, 2.24) is 5.32 Å². The molecule has 1 saturated heterocycles. The average Bonchev–Trinajstić information content (AvgIpc) is 3.20. The molecule has 7 heteroatoms. The minimum absolute atomic E-state index is 0.0661. The lowest BCUT2D eigenvalue weighted by molar-refractivity contribution is -0.150. The van der Waals surface area contributed by atoms with Crippen LogP contribution in [0.15, 0.2) is 54.6 Å². The molecule has 1 unspecified atom stereocenters. The van der Waals surface area contributed by atoms with Gasteiger partial charge in [0, 0.05) is 6.42 Å². The fourth-order valence-corrected chi connectivity index (χ4v) is 4.27. The lowest BCUT2D eigenvalue weighted by Gasteiger charge is -2.24. The fraction of sp³-hybridized carbons (Fsp3) is 0.517. The summed E-state index contributed by atoms with van der Waals surface area (Å²) in [7, 11) is 0. The van der Waals surface area contributed by atoms with Crippen LogP contribution in [0.2, 0.25) is 0 Å². The molecule has 1 aliphatic rings. The second-order valence-electron chi connectivity index (χ2n) is 10.8. The molecule has 1 fully saturated rings. The van der Waals surface area contributed by atoms with Gasteiger partial charge in [0.1, 0.15) is 17.8 Å². The second kappa shape index (κ2) is 12.4. The van der Waals surface area contributed by atoms with E-state index in [-0.39, 0.29) is 37.1 Å². The lowest BCUT2D eigenvalue weighted by atomic mass is 9.91. The van der Waals surface area contributed by atoms with Crippen LogP contribution in [0.4, 0.5) is 4.79 Å². The van der Waals surface area contributed by atoms with Crippen molar-refractivity contribution in [3.05, 3.63) is 71.3 Å². The highest BCUT2D eigenvalue weighted by Crippen LogP contribution is 2.29. The smallest absolute Gasteiger partial charge is 0.408 e. The first-order chi connectivity index (χ1) is 17.0. The minimum Gasteiger partial charge on any atom is -0.459 e. The van der Waals surface area contributed by atoms with Crippen LogP contribution < -0.4 is 5.32 Å². The zero-order valence-electron chi connectivity index (χ0n) is 21.9. The molecule has 4 atom stereocenters. The van der Waals surface area contributed by atoms with E-state index in [2.05, 4.69) is 5.32 Å². The topological polar surface area (TPSA) is 94.1 Å². The lowest BCUT2D eigenvalue weighted by Crippen LogP contribution is -2.35. The van der Waals surface area contributed by atoms with E-state index in [0.29, 0.717) is 12.8 Å². The number of hydrogen-bond acceptors (Lipinski definition) is 6. The first-order valence-corrected chi connectivity index (χ1v) is 12.6. The number of hydrogen-bond donors (Lipinski definition) is 2. The van der Waals surface area contributed by atoms with Crippen LogP contribution in [0.5, 0.6) is 0 Å². The molecule has 2 N–H and O–H groups in total. The van der Waals surface area contributed by atoms with Crippen LogP contribution in [-0.4, -0.2) is 41.6 Å². The summed E-state index contributed by atoms with van der Waals surface area (Å²) >= 11 is 0. The van der Waals surface area contributed by atoms with Crippen LogP contribution >= 0.6 is 0 Å². The van der Waals surface area contributed by atoms with Gasteiger partial charge in [0.05, 0.1) is 25.2 Å². The largest absolute Gasteiger partial charge is 0.459 e. The standard InChI is InChI=1S/C29H39NO6/c1-19(2)23-16-26(35-27(23)32)25(31)18-34-17-21-12-9-13-22(14-21)24(15-20-10-7-6-8-11-20)30-28(33)36-29(3,4)5/h6-14,19,23-26,31H,15-18H2,1-5H3,(H,30,33)/t23-,24?,25+,26-/m0/s1. The molecular formula is C29H39NO6. The Kier molecular flexibility index (Phi) is 9.51. The quantitative estimate of drug-likeness (QED) is 0.451. The van der Waals surface area contributed by atoms with E-state index in [1.165, 1.54) is 0 Å². The molecular weight excluding hydrogens is 458 g/mol. The van der Waals surface area contributed by atoms with Gasteiger partial charge >= 0.3 is 12.1 Å². The molecule has 0 radical (unpaired) electrons. The molecule has 1 amide bonds. The molecule has 0 aromatic heterocycles. The van der Waals surface area contributed by atoms with Crippen molar-refractivity contribution in [2.45, 2.75) is 77.9 Å². The number of esters is 1. The van der Waals surface area contributed by atoms with Crippen molar-refractivity contribution in [3.8, 4) is 0 Å². The summed E-state index contributed by atoms with van der Waals surface area (Å²) in [4.78, 5) is 24.6. The van der Waals surface area contributed by atoms with Gasteiger partial charge in [0.15, 0.2) is 0 Å². The van der Waals surface area contributed by atoms with Crippen molar-refractivity contribution in [2.75, 3.05) is 6.61 Å². The van der Waals surface area contributed by atoms with E-state index < -0.39 is 23.9 Å². The third-order valence-electron chi connectivity index (χ3n) is 6.17. The van der Waals surface area contributed by atoms with Gasteiger partial charge in [-0.15, -0.1) is 0 Å². The zero-order chi connectivity index (χ0) is 26.3. The Morgan fingerprint density at radius 1 is 1.11 bits per heavy atom. The monoisotopic (exact) mass is 497 g/mol. The Balaban J connectivity index is 1.63. The third kappa shape index (κ3) is 8.35. The number of carbonyl (C=O) groups excluding carboxylic acids is 2. The van der Waals surface area contributed by atoms with Crippen molar-refractivity contribution in [1.29, 1.82) is 0 Å². The number of nitrogens with one attached hydrogen (secondary N) is 1. The Bertz CT molecular complexity index is 1000. The van der Waals surface area contributed by atoms with E-state index in [9.17, 15) is 14.7 Å². The van der Waals surface area contributed by atoms with E-state index >= 15 is 0 Å². The molecule has 1 heterocycles. The highest BCUT2D eigenvalue weighted by molar-refractivity contribution is 5.75. The number of ether oxygens (including phenoxy) is 3. The molecule has 3 rings (SSSR count). The Morgan fingerprint density at radius 3 is 2.44 bits per heavy atom. The summed E-state index contributed by atoms with van der Waals surface area (Å²) in [6.07, 6.45) is -0.773. The third-order valence-corrected chi connectivity index (χ3v) is 6.17. The van der Waals surface area contributed by atoms with Crippen LogP contribution in [0.1, 0.15) is 63.8 Å². The number of rotatable bonds is 10. The average molecular weight is 498 g/mol. The van der Waals surface area contributed by atoms with Crippen LogP contribution in [0.3, 0.4) is 0 Å². The molecule has 196 valence electrons. The van der Waals surface area contributed by atoms with Gasteiger partial charge in [0.2, 0.25) is 0 Å². The van der Waals surface area contributed by atoms with Gasteiger partial charge in [-0.3, -0.25) is 4.79 Å². The number of amides is 1. The number of alkyl carbamates (subject to hydrolysis) is 1. The maximum Gasteiger partial charge on any atom is 0.408 e. The number of aliphatic hydroxyl groups excluding tert-OH is 1. The van der Waals surface area contributed by atoms with Gasteiger partial charge in [-0.25, -0.2) is 4.79 Å². The minimum atomic E-state index is -0.874. The SMILES string of the molecule is CC(C)[C@@H]1C[C@@H]([C@H](O)COCc2cccc(C(Cc3ccccc3)NC(=O)OC(C)(C)C)c2)OC1=O. The molecule has 0 bridgehead atoms. The van der Waals surface area contributed by atoms with Gasteiger partial charge in [-0.05, 0) is 49.8 Å². The fourth-order valence-electron chi connectivity index (χ4n) is 4.27. The van der Waals surface area contributed by atoms with Crippen molar-refractivity contribution in [3.63, 3.8) is 0 Å². The predicted molar refractivity (Wildman–Crippen MR) is 137 cm³/mol. The summed E-state index contributed by atoms with van der Waals surface area (Å²) in [6, 6.07) is 17.5. The predicted octanol–water partition coefficient (Wildman–Crippen LogP) is 4.96. The highest BCUT2D eigenvalue weighted by atomic mass is 16.6. The van der Waals surface area contributed by atoms with Crippen molar-refractivity contribution >= 4 is 12.1 Å². The van der Waals surface area contributed by atoms with E-state index in [0.717, 1.165) is 16.7 Å². The molecule has 1 aliphatic heterocycles. The van der Waals surface area contributed by atoms with Gasteiger partial charge in [-0.2, -0.15) is 0 Å². The summed E-state index contributed by atoms with van der Waals surface area (Å²) in [5.74, 6) is -0.250. The number of cyclic esters (lactones) is 1. The van der Waals surface area contributed by atoms with E-state index in [4.69, 9.17) is 14.2 Å². The second-order valence-corrected chi connectivity index (χ2v) is 10.8. The van der Waals surface area contributed by atoms with Crippen LogP contribution in [0.25, 0.3) is 0 Å². The molecule has 0 aliphatic carbocycles. The highest BCUT2D eigenvalue weighted by Gasteiger charge is 2.39.